The van der Waals surface area contributed by atoms with Crippen LogP contribution in [0.25, 0.3) is 0 Å². The summed E-state index contributed by atoms with van der Waals surface area (Å²) in [5.74, 6) is -0.225. The van der Waals surface area contributed by atoms with Crippen molar-refractivity contribution in [2.45, 2.75) is 384 Å². The largest absolute Gasteiger partial charge is 0.397 e. The van der Waals surface area contributed by atoms with Crippen LogP contribution >= 0.6 is 0 Å². The molecule has 1 fully saturated rings. The molecule has 0 aliphatic carbocycles. The minimum atomic E-state index is -5.08. The third kappa shape index (κ3) is 47.9. The van der Waals surface area contributed by atoms with Gasteiger partial charge in [0.25, 0.3) is 0 Å². The fourth-order valence-electron chi connectivity index (χ4n) is 11.3. The highest BCUT2D eigenvalue weighted by molar-refractivity contribution is 7.80. The Morgan fingerprint density at radius 3 is 1.19 bits per heavy atom. The number of amides is 1. The Kier molecular flexibility index (Phi) is 54.3. The van der Waals surface area contributed by atoms with Crippen molar-refractivity contribution in [1.82, 2.24) is 5.32 Å². The van der Waals surface area contributed by atoms with Gasteiger partial charge in [-0.1, -0.05) is 314 Å². The maximum absolute atomic E-state index is 13.2. The summed E-state index contributed by atoms with van der Waals surface area (Å²) in [5.41, 5.74) is 0. The molecule has 1 aliphatic rings. The second-order valence-electron chi connectivity index (χ2n) is 24.1. The zero-order valence-electron chi connectivity index (χ0n) is 51.9. The number of aliphatic hydroxyl groups excluding tert-OH is 4. The molecular weight excluding hydrogens is 1030 g/mol. The molecule has 0 radical (unpaired) electrons. The highest BCUT2D eigenvalue weighted by Gasteiger charge is 2.48. The first-order valence-electron chi connectivity index (χ1n) is 34.2. The van der Waals surface area contributed by atoms with Crippen LogP contribution < -0.4 is 5.32 Å². The second kappa shape index (κ2) is 56.7. The summed E-state index contributed by atoms with van der Waals surface area (Å²) in [6.07, 6.45) is 63.4. The molecule has 0 bridgehead atoms. The van der Waals surface area contributed by atoms with Gasteiger partial charge in [-0.05, 0) is 44.9 Å². The Bertz CT molecular complexity index is 1500. The molecule has 1 saturated heterocycles. The van der Waals surface area contributed by atoms with E-state index in [9.17, 15) is 38.2 Å². The van der Waals surface area contributed by atoms with E-state index in [2.05, 4.69) is 47.7 Å². The van der Waals surface area contributed by atoms with Gasteiger partial charge in [0, 0.05) is 6.42 Å². The number of unbranched alkanes of at least 4 members (excludes halogenated alkanes) is 45. The number of hydrogen-bond donors (Lipinski definition) is 6. The molecule has 7 atom stereocenters. The quantitative estimate of drug-likeness (QED) is 0.0193. The summed E-state index contributed by atoms with van der Waals surface area (Å²) < 4.78 is 48.1. The number of aliphatic hydroxyl groups is 4. The lowest BCUT2D eigenvalue weighted by molar-refractivity contribution is -0.298. The van der Waals surface area contributed by atoms with Gasteiger partial charge in [0.05, 0.1) is 25.4 Å². The van der Waals surface area contributed by atoms with Gasteiger partial charge in [0.15, 0.2) is 6.29 Å². The lowest BCUT2D eigenvalue weighted by atomic mass is 9.99. The third-order valence-electron chi connectivity index (χ3n) is 16.5. The fourth-order valence-corrected chi connectivity index (χ4v) is 11.8. The summed E-state index contributed by atoms with van der Waals surface area (Å²) in [7, 11) is -5.08. The van der Waals surface area contributed by atoms with Gasteiger partial charge in [-0.15, -0.1) is 0 Å². The van der Waals surface area contributed by atoms with E-state index < -0.39 is 59.9 Å². The maximum atomic E-state index is 13.2. The number of ether oxygens (including phenoxy) is 2. The van der Waals surface area contributed by atoms with E-state index in [0.717, 1.165) is 57.8 Å². The Balaban J connectivity index is 2.26. The molecule has 0 saturated carbocycles. The van der Waals surface area contributed by atoms with Crippen LogP contribution in [0.5, 0.6) is 0 Å². The first kappa shape index (κ1) is 76.6. The van der Waals surface area contributed by atoms with Crippen molar-refractivity contribution in [1.29, 1.82) is 0 Å². The molecular formula is C67H129NO11S. The van der Waals surface area contributed by atoms with Crippen molar-refractivity contribution in [2.24, 2.45) is 0 Å². The molecule has 1 rings (SSSR count). The van der Waals surface area contributed by atoms with Crippen LogP contribution in [0.1, 0.15) is 341 Å². The van der Waals surface area contributed by atoms with Crippen LogP contribution in [0.15, 0.2) is 24.3 Å². The zero-order chi connectivity index (χ0) is 58.3. The molecule has 6 N–H and O–H groups in total. The lowest BCUT2D eigenvalue weighted by Crippen LogP contribution is -2.61. The monoisotopic (exact) mass is 1160 g/mol. The SMILES string of the molecule is CCCCCCCCCCC/C=C\C/C=C\CCCCCCCCCCCCCCCC(=O)NC(COC1OC(CO)C(O)C(OS(=O)(=O)O)C1O)C(O)CCCCCCCCCCCCCCCCCCCCCCCCCC. The third-order valence-corrected chi connectivity index (χ3v) is 17.0. The van der Waals surface area contributed by atoms with Crippen molar-refractivity contribution in [3.63, 3.8) is 0 Å². The van der Waals surface area contributed by atoms with Gasteiger partial charge in [-0.2, -0.15) is 8.42 Å². The van der Waals surface area contributed by atoms with Crippen molar-refractivity contribution >= 4 is 16.3 Å². The summed E-state index contributed by atoms with van der Waals surface area (Å²) in [6, 6.07) is -0.859. The molecule has 474 valence electrons. The fraction of sp³-hybridized carbons (Fsp3) is 0.925. The minimum Gasteiger partial charge on any atom is -0.394 e. The minimum absolute atomic E-state index is 0.225. The summed E-state index contributed by atoms with van der Waals surface area (Å²) in [5, 5.41) is 45.3. The van der Waals surface area contributed by atoms with E-state index in [0.29, 0.717) is 12.8 Å². The molecule has 12 nitrogen and oxygen atoms in total. The van der Waals surface area contributed by atoms with Gasteiger partial charge in [-0.25, -0.2) is 4.18 Å². The highest BCUT2D eigenvalue weighted by Crippen LogP contribution is 2.27. The van der Waals surface area contributed by atoms with Crippen LogP contribution in [-0.4, -0.2) is 95.4 Å². The smallest absolute Gasteiger partial charge is 0.394 e. The molecule has 13 heteroatoms. The number of hydrogen-bond acceptors (Lipinski definition) is 10. The zero-order valence-corrected chi connectivity index (χ0v) is 52.7. The van der Waals surface area contributed by atoms with Gasteiger partial charge in [0.1, 0.15) is 24.4 Å². The van der Waals surface area contributed by atoms with E-state index in [1.807, 2.05) is 0 Å². The number of rotatable bonds is 61. The topological polar surface area (TPSA) is 192 Å². The Labute approximate surface area is 493 Å². The molecule has 0 aromatic heterocycles. The van der Waals surface area contributed by atoms with Crippen LogP contribution in [0.2, 0.25) is 0 Å². The molecule has 1 amide bonds. The maximum Gasteiger partial charge on any atom is 0.397 e. The first-order chi connectivity index (χ1) is 39.0. The van der Waals surface area contributed by atoms with Gasteiger partial charge in [-0.3, -0.25) is 9.35 Å². The molecule has 7 unspecified atom stereocenters. The Morgan fingerprint density at radius 1 is 0.500 bits per heavy atom. The first-order valence-corrected chi connectivity index (χ1v) is 35.6. The lowest BCUT2D eigenvalue weighted by Gasteiger charge is -2.41. The Morgan fingerprint density at radius 2 is 0.838 bits per heavy atom. The van der Waals surface area contributed by atoms with Gasteiger partial charge < -0.3 is 35.2 Å². The standard InChI is InChI=1S/C67H129NO11S/c1-3-5-7-9-11-13-15-17-19-21-23-25-27-29-30-31-32-33-35-37-39-41-43-45-47-49-51-53-55-57-63(71)68-60(59-77-67-65(73)66(79-80(74,75)76)64(72)62(58-69)78-67)61(70)56-54-52-50-48-46-44-42-40-38-36-34-28-26-24-22-20-18-16-14-12-10-8-6-4-2/h23,25,29-30,60-62,64-67,69-70,72-73H,3-22,24,26-28,31-59H2,1-2H3,(H,68,71)(H,74,75,76)/b25-23-,30-29-. The van der Waals surface area contributed by atoms with Crippen LogP contribution in [0, 0.1) is 0 Å². The number of allylic oxidation sites excluding steroid dienone is 4. The highest BCUT2D eigenvalue weighted by atomic mass is 32.3. The average Bonchev–Trinajstić information content (AvgIpc) is 3.44. The Hall–Kier alpha value is -1.42. The second-order valence-corrected chi connectivity index (χ2v) is 25.2. The molecule has 0 spiro atoms. The van der Waals surface area contributed by atoms with Crippen LogP contribution in [-0.2, 0) is 28.9 Å². The van der Waals surface area contributed by atoms with Crippen LogP contribution in [0.4, 0.5) is 0 Å². The molecule has 80 heavy (non-hydrogen) atoms. The number of carbonyl (C=O) groups excluding carboxylic acids is 1. The number of carbonyl (C=O) groups is 1. The van der Waals surface area contributed by atoms with Crippen molar-refractivity contribution in [3.05, 3.63) is 24.3 Å². The van der Waals surface area contributed by atoms with E-state index >= 15 is 0 Å². The summed E-state index contributed by atoms with van der Waals surface area (Å²) >= 11 is 0. The average molecular weight is 1160 g/mol. The predicted molar refractivity (Wildman–Crippen MR) is 333 cm³/mol. The molecule has 0 aromatic rings. The van der Waals surface area contributed by atoms with E-state index in [1.165, 1.54) is 257 Å². The van der Waals surface area contributed by atoms with Crippen molar-refractivity contribution in [2.75, 3.05) is 13.2 Å². The van der Waals surface area contributed by atoms with Crippen molar-refractivity contribution in [3.8, 4) is 0 Å². The summed E-state index contributed by atoms with van der Waals surface area (Å²) in [4.78, 5) is 13.2. The van der Waals surface area contributed by atoms with Crippen molar-refractivity contribution < 1.29 is 51.8 Å². The van der Waals surface area contributed by atoms with Gasteiger partial charge >= 0.3 is 10.4 Å². The van der Waals surface area contributed by atoms with Gasteiger partial charge in [0.2, 0.25) is 5.91 Å². The summed E-state index contributed by atoms with van der Waals surface area (Å²) in [6.45, 7) is 3.51. The number of nitrogens with one attached hydrogen (secondary N) is 1. The van der Waals surface area contributed by atoms with E-state index in [1.54, 1.807) is 0 Å². The molecule has 1 aliphatic heterocycles. The normalized spacial score (nSPS) is 18.7. The molecule has 1 heterocycles. The van der Waals surface area contributed by atoms with E-state index in [4.69, 9.17) is 9.47 Å². The van der Waals surface area contributed by atoms with Crippen LogP contribution in [0.3, 0.4) is 0 Å². The predicted octanol–water partition coefficient (Wildman–Crippen LogP) is 17.5. The molecule has 0 aromatic carbocycles. The van der Waals surface area contributed by atoms with E-state index in [-0.39, 0.29) is 12.5 Å².